The largest absolute Gasteiger partial charge is 0.484 e. The van der Waals surface area contributed by atoms with Crippen LogP contribution >= 0.6 is 11.3 Å². The molecular formula is C19H19NO4S. The lowest BCUT2D eigenvalue weighted by molar-refractivity contribution is -0.124. The van der Waals surface area contributed by atoms with Crippen LogP contribution in [-0.4, -0.2) is 24.2 Å². The molecule has 2 N–H and O–H groups in total. The molecule has 0 aliphatic rings. The second kappa shape index (κ2) is 7.55. The molecule has 0 fully saturated rings. The summed E-state index contributed by atoms with van der Waals surface area (Å²) in [6.07, 6.45) is 1.50. The summed E-state index contributed by atoms with van der Waals surface area (Å²) in [4.78, 5) is 12.8. The van der Waals surface area contributed by atoms with Crippen LogP contribution in [0.15, 0.2) is 64.6 Å². The molecule has 2 heterocycles. The fraction of sp³-hybridized carbons (Fsp3) is 0.211. The molecule has 0 spiro atoms. The van der Waals surface area contributed by atoms with E-state index in [1.165, 1.54) is 17.6 Å². The van der Waals surface area contributed by atoms with Gasteiger partial charge in [-0.05, 0) is 48.2 Å². The molecule has 3 rings (SSSR count). The number of thiophene rings is 1. The predicted octanol–water partition coefficient (Wildman–Crippen LogP) is 3.08. The first-order chi connectivity index (χ1) is 12.1. The van der Waals surface area contributed by atoms with Crippen molar-refractivity contribution in [3.05, 3.63) is 76.4 Å². The number of rotatable bonds is 7. The average Bonchev–Trinajstić information content (AvgIpc) is 3.32. The number of benzene rings is 1. The monoisotopic (exact) mass is 357 g/mol. The van der Waals surface area contributed by atoms with E-state index in [-0.39, 0.29) is 19.1 Å². The Balaban J connectivity index is 1.63. The van der Waals surface area contributed by atoms with Crippen LogP contribution in [0.4, 0.5) is 0 Å². The molecule has 1 aromatic carbocycles. The zero-order valence-electron chi connectivity index (χ0n) is 13.8. The molecule has 25 heavy (non-hydrogen) atoms. The maximum Gasteiger partial charge on any atom is 0.258 e. The van der Waals surface area contributed by atoms with Gasteiger partial charge >= 0.3 is 0 Å². The van der Waals surface area contributed by atoms with E-state index in [0.717, 1.165) is 5.56 Å². The first kappa shape index (κ1) is 17.3. The number of hydrogen-bond acceptors (Lipinski definition) is 5. The van der Waals surface area contributed by atoms with Gasteiger partial charge in [0.15, 0.2) is 12.2 Å². The van der Waals surface area contributed by atoms with Crippen molar-refractivity contribution < 1.29 is 19.1 Å². The molecule has 0 saturated carbocycles. The molecular weight excluding hydrogens is 338 g/mol. The van der Waals surface area contributed by atoms with Gasteiger partial charge in [0.1, 0.15) is 11.5 Å². The lowest BCUT2D eigenvalue weighted by Gasteiger charge is -2.25. The fourth-order valence-corrected chi connectivity index (χ4v) is 3.28. The lowest BCUT2D eigenvalue weighted by Crippen LogP contribution is -2.42. The van der Waals surface area contributed by atoms with Crippen LogP contribution in [0.2, 0.25) is 0 Å². The number of carbonyl (C=O) groups is 1. The van der Waals surface area contributed by atoms with Crippen LogP contribution in [-0.2, 0) is 10.4 Å². The van der Waals surface area contributed by atoms with Gasteiger partial charge in [-0.3, -0.25) is 4.79 Å². The number of aliphatic hydroxyl groups is 1. The number of hydrogen-bond donors (Lipinski definition) is 2. The molecule has 6 heteroatoms. The zero-order chi connectivity index (χ0) is 17.7. The topological polar surface area (TPSA) is 71.7 Å². The van der Waals surface area contributed by atoms with Crippen molar-refractivity contribution in [3.8, 4) is 5.75 Å². The Morgan fingerprint density at radius 2 is 2.16 bits per heavy atom. The molecule has 0 bridgehead atoms. The Bertz CT molecular complexity index is 778. The summed E-state index contributed by atoms with van der Waals surface area (Å²) in [5.74, 6) is 0.701. The minimum absolute atomic E-state index is 0.00294. The fourth-order valence-electron chi connectivity index (χ4n) is 2.45. The summed E-state index contributed by atoms with van der Waals surface area (Å²) < 4.78 is 10.9. The number of aryl methyl sites for hydroxylation is 1. The number of ether oxygens (including phenoxy) is 1. The number of amides is 1. The highest BCUT2D eigenvalue weighted by atomic mass is 32.1. The molecule has 0 radical (unpaired) electrons. The van der Waals surface area contributed by atoms with Crippen LogP contribution in [0.1, 0.15) is 16.2 Å². The molecule has 3 aromatic rings. The van der Waals surface area contributed by atoms with Gasteiger partial charge in [-0.25, -0.2) is 0 Å². The zero-order valence-corrected chi connectivity index (χ0v) is 14.6. The Morgan fingerprint density at radius 3 is 2.84 bits per heavy atom. The smallest absolute Gasteiger partial charge is 0.258 e. The molecule has 1 unspecified atom stereocenters. The number of furan rings is 1. The molecule has 130 valence electrons. The molecule has 2 aromatic heterocycles. The highest BCUT2D eigenvalue weighted by Gasteiger charge is 2.36. The van der Waals surface area contributed by atoms with Crippen LogP contribution in [0.25, 0.3) is 0 Å². The van der Waals surface area contributed by atoms with Gasteiger partial charge in [0.2, 0.25) is 0 Å². The summed E-state index contributed by atoms with van der Waals surface area (Å²) in [5, 5.41) is 15.6. The molecule has 0 aliphatic heterocycles. The first-order valence-electron chi connectivity index (χ1n) is 7.84. The summed E-state index contributed by atoms with van der Waals surface area (Å²) >= 11 is 1.40. The SMILES string of the molecule is Cc1cccc(OCC(=O)NCC(O)(c2ccco2)c2cccs2)c1. The van der Waals surface area contributed by atoms with E-state index >= 15 is 0 Å². The van der Waals surface area contributed by atoms with Crippen molar-refractivity contribution in [2.24, 2.45) is 0 Å². The Labute approximate surface area is 149 Å². The van der Waals surface area contributed by atoms with E-state index < -0.39 is 5.60 Å². The van der Waals surface area contributed by atoms with Crippen molar-refractivity contribution in [1.29, 1.82) is 0 Å². The van der Waals surface area contributed by atoms with Gasteiger partial charge in [0, 0.05) is 4.88 Å². The Morgan fingerprint density at radius 1 is 1.28 bits per heavy atom. The first-order valence-corrected chi connectivity index (χ1v) is 8.72. The summed E-state index contributed by atoms with van der Waals surface area (Å²) in [5.41, 5.74) is -0.348. The highest BCUT2D eigenvalue weighted by Crippen LogP contribution is 2.32. The van der Waals surface area contributed by atoms with Crippen molar-refractivity contribution in [2.45, 2.75) is 12.5 Å². The maximum atomic E-state index is 12.1. The van der Waals surface area contributed by atoms with Crippen molar-refractivity contribution >= 4 is 17.2 Å². The van der Waals surface area contributed by atoms with Gasteiger partial charge in [0.25, 0.3) is 5.91 Å². The summed E-state index contributed by atoms with van der Waals surface area (Å²) in [6, 6.07) is 14.5. The minimum Gasteiger partial charge on any atom is -0.484 e. The summed E-state index contributed by atoms with van der Waals surface area (Å²) in [7, 11) is 0. The van der Waals surface area contributed by atoms with E-state index in [1.54, 1.807) is 18.2 Å². The van der Waals surface area contributed by atoms with Crippen molar-refractivity contribution in [3.63, 3.8) is 0 Å². The van der Waals surface area contributed by atoms with Crippen LogP contribution < -0.4 is 10.1 Å². The standard InChI is InChI=1S/C19H19NO4S/c1-14-5-2-6-15(11-14)24-12-18(21)20-13-19(22,16-7-3-9-23-16)17-8-4-10-25-17/h2-11,22H,12-13H2,1H3,(H,20,21). The molecule has 0 saturated heterocycles. The summed E-state index contributed by atoms with van der Waals surface area (Å²) in [6.45, 7) is 1.83. The molecule has 1 amide bonds. The lowest BCUT2D eigenvalue weighted by atomic mass is 9.98. The molecule has 1 atom stereocenters. The molecule has 0 aliphatic carbocycles. The van der Waals surface area contributed by atoms with E-state index in [4.69, 9.17) is 9.15 Å². The predicted molar refractivity (Wildman–Crippen MR) is 95.7 cm³/mol. The Hall–Kier alpha value is -2.57. The third-order valence-electron chi connectivity index (χ3n) is 3.76. The van der Waals surface area contributed by atoms with Crippen LogP contribution in [0, 0.1) is 6.92 Å². The van der Waals surface area contributed by atoms with Gasteiger partial charge in [-0.15, -0.1) is 11.3 Å². The van der Waals surface area contributed by atoms with Crippen LogP contribution in [0.5, 0.6) is 5.75 Å². The molecule has 5 nitrogen and oxygen atoms in total. The van der Waals surface area contributed by atoms with E-state index in [0.29, 0.717) is 16.4 Å². The average molecular weight is 357 g/mol. The second-order valence-corrected chi connectivity index (χ2v) is 6.64. The van der Waals surface area contributed by atoms with Crippen LogP contribution in [0.3, 0.4) is 0 Å². The number of nitrogens with one attached hydrogen (secondary N) is 1. The highest BCUT2D eigenvalue weighted by molar-refractivity contribution is 7.10. The van der Waals surface area contributed by atoms with Crippen molar-refractivity contribution in [1.82, 2.24) is 5.32 Å². The van der Waals surface area contributed by atoms with Gasteiger partial charge in [-0.2, -0.15) is 0 Å². The third-order valence-corrected chi connectivity index (χ3v) is 4.78. The van der Waals surface area contributed by atoms with Gasteiger partial charge in [0.05, 0.1) is 12.8 Å². The normalized spacial score (nSPS) is 13.2. The van der Waals surface area contributed by atoms with Gasteiger partial charge < -0.3 is 19.6 Å². The Kier molecular flexibility index (Phi) is 5.21. The van der Waals surface area contributed by atoms with E-state index in [1.807, 2.05) is 42.6 Å². The third kappa shape index (κ3) is 4.10. The quantitative estimate of drug-likeness (QED) is 0.682. The second-order valence-electron chi connectivity index (χ2n) is 5.70. The van der Waals surface area contributed by atoms with Crippen molar-refractivity contribution in [2.75, 3.05) is 13.2 Å². The van der Waals surface area contributed by atoms with E-state index in [2.05, 4.69) is 5.32 Å². The maximum absolute atomic E-state index is 12.1. The number of carbonyl (C=O) groups excluding carboxylic acids is 1. The van der Waals surface area contributed by atoms with E-state index in [9.17, 15) is 9.90 Å². The minimum atomic E-state index is -1.41. The van der Waals surface area contributed by atoms with Gasteiger partial charge in [-0.1, -0.05) is 18.2 Å².